The van der Waals surface area contributed by atoms with Crippen LogP contribution < -0.4 is 0 Å². The molecular weight excluding hydrogens is 260 g/mol. The van der Waals surface area contributed by atoms with Crippen molar-refractivity contribution in [3.8, 4) is 23.0 Å². The van der Waals surface area contributed by atoms with Crippen molar-refractivity contribution in [2.24, 2.45) is 0 Å². The predicted octanol–water partition coefficient (Wildman–Crippen LogP) is 2.41. The van der Waals surface area contributed by atoms with Crippen LogP contribution in [-0.2, 0) is 0 Å². The summed E-state index contributed by atoms with van der Waals surface area (Å²) < 4.78 is 0. The standard InChI is InChI=1S/C15H12O5/c16-10-3-1-9(2-4-10)13(18)6-5-12-14(19)7-11(17)8-15(12)20/h1-8,16-17,19-20H/b6-5+. The molecule has 0 radical (unpaired) electrons. The molecule has 0 fully saturated rings. The lowest BCUT2D eigenvalue weighted by molar-refractivity contribution is 0.104. The topological polar surface area (TPSA) is 98.0 Å². The summed E-state index contributed by atoms with van der Waals surface area (Å²) in [5.74, 6) is -1.24. The molecule has 5 nitrogen and oxygen atoms in total. The van der Waals surface area contributed by atoms with E-state index >= 15 is 0 Å². The van der Waals surface area contributed by atoms with Gasteiger partial charge in [0.1, 0.15) is 23.0 Å². The van der Waals surface area contributed by atoms with Crippen LogP contribution in [0, 0.1) is 0 Å². The smallest absolute Gasteiger partial charge is 0.185 e. The van der Waals surface area contributed by atoms with Crippen LogP contribution in [0.2, 0.25) is 0 Å². The maximum atomic E-state index is 11.8. The third-order valence-corrected chi connectivity index (χ3v) is 2.67. The van der Waals surface area contributed by atoms with Crippen LogP contribution in [0.15, 0.2) is 42.5 Å². The Bertz CT molecular complexity index is 648. The summed E-state index contributed by atoms with van der Waals surface area (Å²) in [6, 6.07) is 7.80. The molecule has 20 heavy (non-hydrogen) atoms. The molecule has 0 aliphatic rings. The zero-order valence-electron chi connectivity index (χ0n) is 10.3. The Balaban J connectivity index is 2.25. The van der Waals surface area contributed by atoms with E-state index in [1.54, 1.807) is 0 Å². The molecular formula is C15H12O5. The van der Waals surface area contributed by atoms with E-state index in [0.717, 1.165) is 12.1 Å². The molecule has 0 spiro atoms. The molecule has 5 heteroatoms. The molecule has 0 bridgehead atoms. The van der Waals surface area contributed by atoms with Gasteiger partial charge < -0.3 is 20.4 Å². The highest BCUT2D eigenvalue weighted by atomic mass is 16.3. The second kappa shape index (κ2) is 5.36. The van der Waals surface area contributed by atoms with Gasteiger partial charge in [-0.3, -0.25) is 4.79 Å². The fraction of sp³-hybridized carbons (Fsp3) is 0. The summed E-state index contributed by atoms with van der Waals surface area (Å²) in [5.41, 5.74) is 0.395. The number of phenolic OH excluding ortho intramolecular Hbond substituents is 4. The molecule has 0 saturated carbocycles. The molecule has 0 atom stereocenters. The van der Waals surface area contributed by atoms with Crippen molar-refractivity contribution < 1.29 is 25.2 Å². The molecule has 2 rings (SSSR count). The molecule has 2 aromatic carbocycles. The summed E-state index contributed by atoms with van der Waals surface area (Å²) in [4.78, 5) is 11.8. The lowest BCUT2D eigenvalue weighted by Crippen LogP contribution is -1.93. The zero-order valence-corrected chi connectivity index (χ0v) is 10.3. The van der Waals surface area contributed by atoms with Crippen molar-refractivity contribution in [2.75, 3.05) is 0 Å². The first kappa shape index (κ1) is 13.5. The number of carbonyl (C=O) groups is 1. The summed E-state index contributed by atoms with van der Waals surface area (Å²) in [5, 5.41) is 37.4. The van der Waals surface area contributed by atoms with Gasteiger partial charge in [-0.2, -0.15) is 0 Å². The molecule has 0 heterocycles. The first-order valence-electron chi connectivity index (χ1n) is 5.74. The number of rotatable bonds is 3. The van der Waals surface area contributed by atoms with E-state index in [9.17, 15) is 15.0 Å². The average molecular weight is 272 g/mol. The minimum Gasteiger partial charge on any atom is -0.508 e. The van der Waals surface area contributed by atoms with E-state index in [2.05, 4.69) is 0 Å². The van der Waals surface area contributed by atoms with Crippen LogP contribution in [0.1, 0.15) is 15.9 Å². The molecule has 0 aliphatic carbocycles. The van der Waals surface area contributed by atoms with E-state index in [1.165, 1.54) is 36.4 Å². The Morgan fingerprint density at radius 3 is 1.95 bits per heavy atom. The average Bonchev–Trinajstić information content (AvgIpc) is 2.38. The SMILES string of the molecule is O=C(/C=C/c1c(O)cc(O)cc1O)c1ccc(O)cc1. The quantitative estimate of drug-likeness (QED) is 0.508. The van der Waals surface area contributed by atoms with E-state index < -0.39 is 0 Å². The molecule has 0 saturated heterocycles. The molecule has 102 valence electrons. The Morgan fingerprint density at radius 2 is 1.40 bits per heavy atom. The van der Waals surface area contributed by atoms with Crippen LogP contribution >= 0.6 is 0 Å². The van der Waals surface area contributed by atoms with Crippen LogP contribution in [0.5, 0.6) is 23.0 Å². The second-order valence-electron chi connectivity index (χ2n) is 4.14. The van der Waals surface area contributed by atoms with Crippen molar-refractivity contribution in [2.45, 2.75) is 0 Å². The molecule has 0 amide bonds. The van der Waals surface area contributed by atoms with Crippen molar-refractivity contribution in [3.05, 3.63) is 53.6 Å². The Morgan fingerprint density at radius 1 is 0.850 bits per heavy atom. The number of benzene rings is 2. The normalized spacial score (nSPS) is 10.8. The number of carbonyl (C=O) groups excluding carboxylic acids is 1. The van der Waals surface area contributed by atoms with E-state index in [0.29, 0.717) is 5.56 Å². The van der Waals surface area contributed by atoms with Crippen molar-refractivity contribution in [1.82, 2.24) is 0 Å². The maximum absolute atomic E-state index is 11.8. The van der Waals surface area contributed by atoms with Crippen molar-refractivity contribution in [1.29, 1.82) is 0 Å². The summed E-state index contributed by atoms with van der Waals surface area (Å²) in [7, 11) is 0. The van der Waals surface area contributed by atoms with E-state index in [-0.39, 0.29) is 34.3 Å². The maximum Gasteiger partial charge on any atom is 0.185 e. The predicted molar refractivity (Wildman–Crippen MR) is 72.9 cm³/mol. The van der Waals surface area contributed by atoms with Gasteiger partial charge in [-0.25, -0.2) is 0 Å². The molecule has 4 N–H and O–H groups in total. The van der Waals surface area contributed by atoms with Gasteiger partial charge >= 0.3 is 0 Å². The fourth-order valence-electron chi connectivity index (χ4n) is 1.66. The van der Waals surface area contributed by atoms with Crippen LogP contribution in [0.4, 0.5) is 0 Å². The minimum atomic E-state index is -0.350. The van der Waals surface area contributed by atoms with Crippen LogP contribution in [-0.4, -0.2) is 26.2 Å². The number of hydrogen-bond acceptors (Lipinski definition) is 5. The van der Waals surface area contributed by atoms with Gasteiger partial charge in [0, 0.05) is 17.7 Å². The van der Waals surface area contributed by atoms with Crippen molar-refractivity contribution >= 4 is 11.9 Å². The Hall–Kier alpha value is -2.95. The molecule has 0 aromatic heterocycles. The van der Waals surface area contributed by atoms with E-state index in [1.807, 2.05) is 0 Å². The van der Waals surface area contributed by atoms with Gasteiger partial charge in [0.25, 0.3) is 0 Å². The van der Waals surface area contributed by atoms with E-state index in [4.69, 9.17) is 10.2 Å². The lowest BCUT2D eigenvalue weighted by atomic mass is 10.1. The highest BCUT2D eigenvalue weighted by Gasteiger charge is 2.08. The first-order chi connectivity index (χ1) is 9.47. The van der Waals surface area contributed by atoms with Gasteiger partial charge in [0.05, 0.1) is 5.56 Å². The number of aromatic hydroxyl groups is 4. The summed E-state index contributed by atoms with van der Waals surface area (Å²) in [6.45, 7) is 0. The van der Waals surface area contributed by atoms with Gasteiger partial charge in [-0.05, 0) is 36.4 Å². The molecule has 0 unspecified atom stereocenters. The van der Waals surface area contributed by atoms with Crippen LogP contribution in [0.25, 0.3) is 6.08 Å². The molecule has 0 aliphatic heterocycles. The minimum absolute atomic E-state index is 0.0370. The number of ketones is 1. The van der Waals surface area contributed by atoms with Gasteiger partial charge in [0.2, 0.25) is 0 Å². The number of phenols is 4. The highest BCUT2D eigenvalue weighted by molar-refractivity contribution is 6.07. The Kier molecular flexibility index (Phi) is 3.61. The number of hydrogen-bond donors (Lipinski definition) is 4. The number of allylic oxidation sites excluding steroid dienone is 1. The van der Waals surface area contributed by atoms with Gasteiger partial charge in [-0.15, -0.1) is 0 Å². The second-order valence-corrected chi connectivity index (χ2v) is 4.14. The zero-order chi connectivity index (χ0) is 14.7. The Labute approximate surface area is 114 Å². The lowest BCUT2D eigenvalue weighted by Gasteiger charge is -2.03. The monoisotopic (exact) mass is 272 g/mol. The largest absolute Gasteiger partial charge is 0.508 e. The fourth-order valence-corrected chi connectivity index (χ4v) is 1.66. The first-order valence-corrected chi connectivity index (χ1v) is 5.74. The summed E-state index contributed by atoms with van der Waals surface area (Å²) >= 11 is 0. The highest BCUT2D eigenvalue weighted by Crippen LogP contribution is 2.32. The third kappa shape index (κ3) is 2.89. The van der Waals surface area contributed by atoms with Gasteiger partial charge in [0.15, 0.2) is 5.78 Å². The third-order valence-electron chi connectivity index (χ3n) is 2.67. The molecule has 2 aromatic rings. The van der Waals surface area contributed by atoms with Gasteiger partial charge in [-0.1, -0.05) is 0 Å². The summed E-state index contributed by atoms with van der Waals surface area (Å²) in [6.07, 6.45) is 2.43. The van der Waals surface area contributed by atoms with Crippen molar-refractivity contribution in [3.63, 3.8) is 0 Å². The van der Waals surface area contributed by atoms with Crippen LogP contribution in [0.3, 0.4) is 0 Å².